The molecule has 0 saturated carbocycles. The van der Waals surface area contributed by atoms with E-state index in [2.05, 4.69) is 40.6 Å². The fourth-order valence-corrected chi connectivity index (χ4v) is 4.64. The van der Waals surface area contributed by atoms with Gasteiger partial charge >= 0.3 is 5.97 Å². The van der Waals surface area contributed by atoms with Crippen LogP contribution < -0.4 is 5.32 Å². The number of nitrogens with one attached hydrogen (secondary N) is 2. The zero-order valence-electron chi connectivity index (χ0n) is 12.8. The molecule has 2 aromatic heterocycles. The number of thiophene rings is 1. The number of carboxylic acids is 1. The number of aryl methyl sites for hydroxylation is 2. The van der Waals surface area contributed by atoms with Crippen molar-refractivity contribution in [3.05, 3.63) is 45.6 Å². The predicted molar refractivity (Wildman–Crippen MR) is 93.2 cm³/mol. The number of aromatic nitrogens is 1. The lowest BCUT2D eigenvalue weighted by molar-refractivity contribution is -0.139. The summed E-state index contributed by atoms with van der Waals surface area (Å²) >= 11 is 1.75. The van der Waals surface area contributed by atoms with Crippen molar-refractivity contribution in [3.8, 4) is 11.3 Å². The molecule has 2 heterocycles. The maximum absolute atomic E-state index is 11.2. The molecule has 1 unspecified atom stereocenters. The average molecular weight is 326 g/mol. The number of hydrogen-bond acceptors (Lipinski definition) is 3. The summed E-state index contributed by atoms with van der Waals surface area (Å²) in [6.07, 6.45) is 2.60. The topological polar surface area (TPSA) is 65.1 Å². The van der Waals surface area contributed by atoms with E-state index in [-0.39, 0.29) is 0 Å². The smallest absolute Gasteiger partial charge is 0.321 e. The highest BCUT2D eigenvalue weighted by atomic mass is 32.1. The van der Waals surface area contributed by atoms with E-state index in [1.807, 2.05) is 0 Å². The lowest BCUT2D eigenvalue weighted by atomic mass is 9.94. The van der Waals surface area contributed by atoms with Gasteiger partial charge in [0.2, 0.25) is 0 Å². The first-order valence-electron chi connectivity index (χ1n) is 7.79. The van der Waals surface area contributed by atoms with Gasteiger partial charge in [-0.15, -0.1) is 11.3 Å². The van der Waals surface area contributed by atoms with Gasteiger partial charge in [-0.25, -0.2) is 0 Å². The molecule has 3 N–H and O–H groups in total. The Hall–Kier alpha value is -2.11. The minimum atomic E-state index is -0.801. The first kappa shape index (κ1) is 14.5. The van der Waals surface area contributed by atoms with Crippen molar-refractivity contribution in [2.45, 2.75) is 25.3 Å². The lowest BCUT2D eigenvalue weighted by Crippen LogP contribution is -2.35. The van der Waals surface area contributed by atoms with Gasteiger partial charge in [-0.1, -0.05) is 18.2 Å². The third-order valence-electron chi connectivity index (χ3n) is 4.60. The molecule has 0 fully saturated rings. The molecule has 3 aromatic rings. The first-order valence-corrected chi connectivity index (χ1v) is 8.60. The van der Waals surface area contributed by atoms with E-state index < -0.39 is 12.0 Å². The fourth-order valence-electron chi connectivity index (χ4n) is 3.42. The van der Waals surface area contributed by atoms with Crippen molar-refractivity contribution in [3.63, 3.8) is 0 Å². The van der Waals surface area contributed by atoms with E-state index in [9.17, 15) is 9.90 Å². The van der Waals surface area contributed by atoms with Crippen LogP contribution in [0.1, 0.15) is 15.3 Å². The van der Waals surface area contributed by atoms with Crippen LogP contribution in [0.2, 0.25) is 0 Å². The summed E-state index contributed by atoms with van der Waals surface area (Å²) < 4.78 is 0. The number of likely N-dealkylation sites (N-methyl/N-ethyl adjacent to an activating group) is 1. The number of aromatic amines is 1. The maximum Gasteiger partial charge on any atom is 0.321 e. The molecule has 0 bridgehead atoms. The molecule has 0 amide bonds. The average Bonchev–Trinajstić information content (AvgIpc) is 3.12. The number of benzene rings is 1. The zero-order valence-corrected chi connectivity index (χ0v) is 13.7. The highest BCUT2D eigenvalue weighted by Crippen LogP contribution is 2.41. The number of rotatable bonds is 4. The number of carbonyl (C=O) groups is 1. The van der Waals surface area contributed by atoms with Gasteiger partial charge in [-0.2, -0.15) is 0 Å². The summed E-state index contributed by atoms with van der Waals surface area (Å²) in [6.45, 7) is 0. The van der Waals surface area contributed by atoms with E-state index in [4.69, 9.17) is 0 Å². The lowest BCUT2D eigenvalue weighted by Gasteiger charge is -2.11. The van der Waals surface area contributed by atoms with Gasteiger partial charge in [0.05, 0.1) is 5.69 Å². The van der Waals surface area contributed by atoms with Gasteiger partial charge in [0, 0.05) is 32.6 Å². The molecule has 5 heteroatoms. The monoisotopic (exact) mass is 326 g/mol. The van der Waals surface area contributed by atoms with Crippen molar-refractivity contribution in [2.24, 2.45) is 0 Å². The molecule has 1 aliphatic carbocycles. The van der Waals surface area contributed by atoms with Crippen LogP contribution >= 0.6 is 11.3 Å². The predicted octanol–water partition coefficient (Wildman–Crippen LogP) is 3.21. The fraction of sp³-hybridized carbons (Fsp3) is 0.278. The molecule has 1 atom stereocenters. The van der Waals surface area contributed by atoms with Gasteiger partial charge in [-0.05, 0) is 37.6 Å². The van der Waals surface area contributed by atoms with E-state index in [0.717, 1.165) is 17.7 Å². The summed E-state index contributed by atoms with van der Waals surface area (Å²) in [4.78, 5) is 17.3. The van der Waals surface area contributed by atoms with Crippen LogP contribution in [0.5, 0.6) is 0 Å². The number of H-pyrrole nitrogens is 1. The molecule has 118 valence electrons. The molecule has 0 saturated heterocycles. The second kappa shape index (κ2) is 5.51. The minimum Gasteiger partial charge on any atom is -0.480 e. The molecule has 0 aliphatic heterocycles. The Labute approximate surface area is 138 Å². The summed E-state index contributed by atoms with van der Waals surface area (Å²) in [5.41, 5.74) is 5.03. The van der Waals surface area contributed by atoms with Crippen molar-refractivity contribution in [1.82, 2.24) is 10.3 Å². The second-order valence-corrected chi connectivity index (χ2v) is 7.18. The van der Waals surface area contributed by atoms with Crippen LogP contribution in [0.25, 0.3) is 22.2 Å². The van der Waals surface area contributed by atoms with E-state index in [0.29, 0.717) is 6.42 Å². The van der Waals surface area contributed by atoms with Crippen LogP contribution in [0.15, 0.2) is 30.3 Å². The van der Waals surface area contributed by atoms with Crippen molar-refractivity contribution in [2.75, 3.05) is 7.05 Å². The Balaban J connectivity index is 1.75. The van der Waals surface area contributed by atoms with Crippen molar-refractivity contribution < 1.29 is 9.90 Å². The first-order chi connectivity index (χ1) is 11.2. The molecule has 4 rings (SSSR count). The van der Waals surface area contributed by atoms with Gasteiger partial charge in [0.25, 0.3) is 0 Å². The van der Waals surface area contributed by atoms with Crippen molar-refractivity contribution in [1.29, 1.82) is 0 Å². The maximum atomic E-state index is 11.2. The van der Waals surface area contributed by atoms with Crippen LogP contribution in [0, 0.1) is 0 Å². The molecule has 23 heavy (non-hydrogen) atoms. The van der Waals surface area contributed by atoms with Gasteiger partial charge < -0.3 is 15.4 Å². The second-order valence-electron chi connectivity index (χ2n) is 5.96. The standard InChI is InChI=1S/C18H18N2O2S/c1-19-15(18(21)22)9-10-8-13-16(23-10)7-6-12-11-4-2-3-5-14(11)20-17(12)13/h2-5,8,15,19-20H,6-7,9H2,1H3,(H,21,22). The Morgan fingerprint density at radius 2 is 2.22 bits per heavy atom. The number of para-hydroxylation sites is 1. The third kappa shape index (κ3) is 2.36. The summed E-state index contributed by atoms with van der Waals surface area (Å²) in [6, 6.07) is 10.1. The number of aliphatic carboxylic acids is 1. The van der Waals surface area contributed by atoms with Gasteiger partial charge in [-0.3, -0.25) is 4.79 Å². The highest BCUT2D eigenvalue weighted by Gasteiger charge is 2.24. The molecular weight excluding hydrogens is 308 g/mol. The van der Waals surface area contributed by atoms with E-state index in [1.54, 1.807) is 18.4 Å². The number of hydrogen-bond donors (Lipinski definition) is 3. The number of carboxylic acid groups (broad SMARTS) is 1. The van der Waals surface area contributed by atoms with E-state index >= 15 is 0 Å². The Kier molecular flexibility index (Phi) is 3.47. The molecule has 4 nitrogen and oxygen atoms in total. The van der Waals surface area contributed by atoms with Crippen LogP contribution in [0.3, 0.4) is 0 Å². The van der Waals surface area contributed by atoms with Gasteiger partial charge in [0.15, 0.2) is 0 Å². The normalized spacial score (nSPS) is 14.5. The van der Waals surface area contributed by atoms with Crippen LogP contribution in [0.4, 0.5) is 0 Å². The Bertz CT molecular complexity index is 894. The summed E-state index contributed by atoms with van der Waals surface area (Å²) in [7, 11) is 1.70. The zero-order chi connectivity index (χ0) is 16.0. The summed E-state index contributed by atoms with van der Waals surface area (Å²) in [5.74, 6) is -0.801. The Morgan fingerprint density at radius 3 is 3.00 bits per heavy atom. The van der Waals surface area contributed by atoms with Crippen LogP contribution in [-0.4, -0.2) is 29.1 Å². The SMILES string of the molecule is CNC(Cc1cc2c(s1)CCc1c-2[nH]c2ccccc12)C(=O)O. The quantitative estimate of drug-likeness (QED) is 0.690. The summed E-state index contributed by atoms with van der Waals surface area (Å²) in [5, 5.41) is 13.4. The Morgan fingerprint density at radius 1 is 1.39 bits per heavy atom. The molecular formula is C18H18N2O2S. The van der Waals surface area contributed by atoms with Crippen LogP contribution in [-0.2, 0) is 24.1 Å². The molecule has 1 aliphatic rings. The minimum absolute atomic E-state index is 0.527. The molecule has 1 aromatic carbocycles. The van der Waals surface area contributed by atoms with Gasteiger partial charge in [0.1, 0.15) is 6.04 Å². The molecule has 0 spiro atoms. The van der Waals surface area contributed by atoms with E-state index in [1.165, 1.54) is 32.6 Å². The van der Waals surface area contributed by atoms with Crippen molar-refractivity contribution >= 4 is 28.2 Å². The molecule has 0 radical (unpaired) electrons. The largest absolute Gasteiger partial charge is 0.480 e. The highest BCUT2D eigenvalue weighted by molar-refractivity contribution is 7.12. The third-order valence-corrected chi connectivity index (χ3v) is 5.81. The number of fused-ring (bicyclic) bond motifs is 5.